The van der Waals surface area contributed by atoms with Crippen molar-refractivity contribution in [3.8, 4) is 33.4 Å². The fraction of sp³-hybridized carbons (Fsp3) is 0. The largest absolute Gasteiger partial charge is 0.311 e. The van der Waals surface area contributed by atoms with Gasteiger partial charge in [-0.05, 0) is 138 Å². The van der Waals surface area contributed by atoms with E-state index in [-0.39, 0.29) is 0 Å². The van der Waals surface area contributed by atoms with Crippen LogP contribution >= 0.6 is 0 Å². The Balaban J connectivity index is 1.03. The molecule has 0 saturated carbocycles. The third kappa shape index (κ3) is 6.74. The van der Waals surface area contributed by atoms with Gasteiger partial charge in [0.15, 0.2) is 0 Å². The van der Waals surface area contributed by atoms with Gasteiger partial charge in [0, 0.05) is 34.1 Å². The average molecular weight is 791 g/mol. The summed E-state index contributed by atoms with van der Waals surface area (Å²) in [4.78, 5) is 4.67. The summed E-state index contributed by atoms with van der Waals surface area (Å²) in [5, 5.41) is 7.50. The summed E-state index contributed by atoms with van der Waals surface area (Å²) >= 11 is 0. The molecule has 0 atom stereocenters. The molecule has 11 aromatic carbocycles. The minimum Gasteiger partial charge on any atom is -0.311 e. The van der Waals surface area contributed by atoms with Crippen LogP contribution in [0.15, 0.2) is 255 Å². The lowest BCUT2D eigenvalue weighted by atomic mass is 9.86. The van der Waals surface area contributed by atoms with E-state index in [9.17, 15) is 0 Å². The second-order valence-corrected chi connectivity index (χ2v) is 15.7. The molecule has 0 spiro atoms. The molecular weight excluding hydrogens is 749 g/mol. The van der Waals surface area contributed by atoms with Crippen LogP contribution in [0.4, 0.5) is 34.1 Å². The maximum absolute atomic E-state index is 2.37. The highest BCUT2D eigenvalue weighted by atomic mass is 15.2. The highest BCUT2D eigenvalue weighted by molar-refractivity contribution is 6.21. The fourth-order valence-electron chi connectivity index (χ4n) is 9.20. The van der Waals surface area contributed by atoms with Crippen molar-refractivity contribution in [1.29, 1.82) is 0 Å². The molecule has 0 bridgehead atoms. The molecule has 62 heavy (non-hydrogen) atoms. The summed E-state index contributed by atoms with van der Waals surface area (Å²) in [5.41, 5.74) is 13.9. The van der Waals surface area contributed by atoms with Gasteiger partial charge in [0.1, 0.15) is 0 Å². The van der Waals surface area contributed by atoms with E-state index in [4.69, 9.17) is 0 Å². The van der Waals surface area contributed by atoms with Crippen molar-refractivity contribution >= 4 is 66.4 Å². The highest BCUT2D eigenvalue weighted by Gasteiger charge is 2.19. The van der Waals surface area contributed by atoms with Crippen LogP contribution < -0.4 is 9.80 Å². The van der Waals surface area contributed by atoms with Crippen LogP contribution in [0.25, 0.3) is 65.7 Å². The number of hydrogen-bond acceptors (Lipinski definition) is 2. The van der Waals surface area contributed by atoms with Crippen LogP contribution in [0.5, 0.6) is 0 Å². The number of benzene rings is 11. The van der Waals surface area contributed by atoms with Crippen LogP contribution in [0.1, 0.15) is 0 Å². The molecule has 0 aromatic heterocycles. The first-order valence-electron chi connectivity index (χ1n) is 21.3. The third-order valence-corrected chi connectivity index (χ3v) is 12.0. The molecule has 0 amide bonds. The fourth-order valence-corrected chi connectivity index (χ4v) is 9.20. The first-order chi connectivity index (χ1) is 30.8. The van der Waals surface area contributed by atoms with Crippen LogP contribution in [-0.4, -0.2) is 0 Å². The molecule has 0 fully saturated rings. The normalized spacial score (nSPS) is 11.2. The van der Waals surface area contributed by atoms with Crippen LogP contribution in [0, 0.1) is 0 Å². The van der Waals surface area contributed by atoms with Crippen LogP contribution in [0.3, 0.4) is 0 Å². The maximum atomic E-state index is 2.37. The summed E-state index contributed by atoms with van der Waals surface area (Å²) in [6, 6.07) is 91.9. The minimum absolute atomic E-state index is 1.07. The molecule has 11 aromatic rings. The van der Waals surface area contributed by atoms with Crippen molar-refractivity contribution in [2.24, 2.45) is 0 Å². The quantitative estimate of drug-likeness (QED) is 0.134. The van der Waals surface area contributed by atoms with E-state index >= 15 is 0 Å². The number of hydrogen-bond donors (Lipinski definition) is 0. The third-order valence-electron chi connectivity index (χ3n) is 12.0. The zero-order valence-corrected chi connectivity index (χ0v) is 34.1. The SMILES string of the molecule is c1ccc(-c2c3ccccc3c(-c3ccc(N(c4ccc(-c5cccc6ccccc56)cc4)c4ccc(N(c5ccccc5)c5ccccc5)cc4)cc3)c3ccccc23)cc1. The maximum Gasteiger partial charge on any atom is 0.0463 e. The number of anilines is 6. The Kier molecular flexibility index (Phi) is 9.57. The lowest BCUT2D eigenvalue weighted by Crippen LogP contribution is -2.12. The van der Waals surface area contributed by atoms with Crippen LogP contribution in [-0.2, 0) is 0 Å². The van der Waals surface area contributed by atoms with Crippen LogP contribution in [0.2, 0.25) is 0 Å². The van der Waals surface area contributed by atoms with Crippen molar-refractivity contribution in [2.75, 3.05) is 9.80 Å². The molecule has 0 aliphatic heterocycles. The Morgan fingerprint density at radius 2 is 0.500 bits per heavy atom. The predicted molar refractivity (Wildman–Crippen MR) is 265 cm³/mol. The number of rotatable bonds is 9. The molecule has 2 heteroatoms. The summed E-state index contributed by atoms with van der Waals surface area (Å²) in [7, 11) is 0. The van der Waals surface area contributed by atoms with E-state index in [2.05, 4.69) is 265 Å². The van der Waals surface area contributed by atoms with Gasteiger partial charge < -0.3 is 9.80 Å². The predicted octanol–water partition coefficient (Wildman–Crippen LogP) is 17.1. The summed E-state index contributed by atoms with van der Waals surface area (Å²) in [5.74, 6) is 0. The van der Waals surface area contributed by atoms with Gasteiger partial charge in [0.2, 0.25) is 0 Å². The first kappa shape index (κ1) is 36.8. The van der Waals surface area contributed by atoms with E-state index in [1.807, 2.05) is 0 Å². The van der Waals surface area contributed by atoms with Gasteiger partial charge >= 0.3 is 0 Å². The van der Waals surface area contributed by atoms with E-state index < -0.39 is 0 Å². The van der Waals surface area contributed by atoms with Gasteiger partial charge in [-0.2, -0.15) is 0 Å². The summed E-state index contributed by atoms with van der Waals surface area (Å²) in [6.07, 6.45) is 0. The first-order valence-corrected chi connectivity index (χ1v) is 21.3. The smallest absolute Gasteiger partial charge is 0.0463 e. The second kappa shape index (κ2) is 16.1. The molecule has 0 radical (unpaired) electrons. The molecule has 0 aliphatic rings. The lowest BCUT2D eigenvalue weighted by molar-refractivity contribution is 1.26. The monoisotopic (exact) mass is 790 g/mol. The Labute approximate surface area is 362 Å². The Morgan fingerprint density at radius 3 is 0.952 bits per heavy atom. The second-order valence-electron chi connectivity index (χ2n) is 15.7. The molecular formula is C60H42N2. The Hall–Kier alpha value is -8.20. The van der Waals surface area contributed by atoms with E-state index in [0.717, 1.165) is 34.1 Å². The Morgan fingerprint density at radius 1 is 0.194 bits per heavy atom. The molecule has 0 aliphatic carbocycles. The molecule has 0 unspecified atom stereocenters. The van der Waals surface area contributed by atoms with Gasteiger partial charge in [-0.1, -0.05) is 182 Å². The van der Waals surface area contributed by atoms with Gasteiger partial charge in [-0.15, -0.1) is 0 Å². The van der Waals surface area contributed by atoms with Crippen molar-refractivity contribution in [3.63, 3.8) is 0 Å². The molecule has 0 heterocycles. The van der Waals surface area contributed by atoms with Gasteiger partial charge in [0.05, 0.1) is 0 Å². The molecule has 11 rings (SSSR count). The number of para-hydroxylation sites is 2. The van der Waals surface area contributed by atoms with E-state index in [1.54, 1.807) is 0 Å². The van der Waals surface area contributed by atoms with Crippen molar-refractivity contribution in [1.82, 2.24) is 0 Å². The molecule has 2 nitrogen and oxygen atoms in total. The van der Waals surface area contributed by atoms with Gasteiger partial charge in [-0.25, -0.2) is 0 Å². The van der Waals surface area contributed by atoms with Crippen molar-refractivity contribution < 1.29 is 0 Å². The minimum atomic E-state index is 1.07. The molecule has 0 saturated heterocycles. The molecule has 292 valence electrons. The number of nitrogens with zero attached hydrogens (tertiary/aromatic N) is 2. The van der Waals surface area contributed by atoms with E-state index in [0.29, 0.717) is 0 Å². The van der Waals surface area contributed by atoms with Crippen molar-refractivity contribution in [3.05, 3.63) is 255 Å². The average Bonchev–Trinajstić information content (AvgIpc) is 3.35. The highest BCUT2D eigenvalue weighted by Crippen LogP contribution is 2.45. The summed E-state index contributed by atoms with van der Waals surface area (Å²) < 4.78 is 0. The molecule has 0 N–H and O–H groups in total. The van der Waals surface area contributed by atoms with Crippen molar-refractivity contribution in [2.45, 2.75) is 0 Å². The van der Waals surface area contributed by atoms with Gasteiger partial charge in [-0.3, -0.25) is 0 Å². The lowest BCUT2D eigenvalue weighted by Gasteiger charge is -2.28. The van der Waals surface area contributed by atoms with E-state index in [1.165, 1.54) is 65.7 Å². The summed E-state index contributed by atoms with van der Waals surface area (Å²) in [6.45, 7) is 0. The Bertz CT molecular complexity index is 3200. The zero-order chi connectivity index (χ0) is 41.2. The standard InChI is InChI=1S/C60H42N2/c1-4-18-45(19-5-1)59-55-26-12-14-28-57(55)60(58-29-15-13-27-56(58)59)46-33-37-50(38-34-46)62(49-35-31-44(32-36-49)54-30-16-20-43-17-10-11-25-53(43)54)52-41-39-51(40-42-52)61(47-21-6-2-7-22-47)48-23-8-3-9-24-48/h1-42H. The van der Waals surface area contributed by atoms with Gasteiger partial charge in [0.25, 0.3) is 0 Å². The topological polar surface area (TPSA) is 6.48 Å². The number of fused-ring (bicyclic) bond motifs is 3. The zero-order valence-electron chi connectivity index (χ0n) is 34.1.